The van der Waals surface area contributed by atoms with E-state index in [2.05, 4.69) is 10.6 Å². The number of urea groups is 1. The molecule has 4 amide bonds. The molecule has 0 bridgehead atoms. The number of para-hydroxylation sites is 1. The van der Waals surface area contributed by atoms with Gasteiger partial charge in [0.05, 0.1) is 13.5 Å². The molecule has 0 saturated carbocycles. The van der Waals surface area contributed by atoms with Crippen LogP contribution in [0, 0.1) is 0 Å². The van der Waals surface area contributed by atoms with Crippen molar-refractivity contribution in [1.82, 2.24) is 15.2 Å². The van der Waals surface area contributed by atoms with Gasteiger partial charge in [-0.25, -0.2) is 4.79 Å². The van der Waals surface area contributed by atoms with Gasteiger partial charge in [0.2, 0.25) is 0 Å². The van der Waals surface area contributed by atoms with Crippen molar-refractivity contribution < 1.29 is 23.9 Å². The lowest BCUT2D eigenvalue weighted by molar-refractivity contribution is -0.139. The summed E-state index contributed by atoms with van der Waals surface area (Å²) < 4.78 is 6.71. The van der Waals surface area contributed by atoms with Gasteiger partial charge in [-0.15, -0.1) is 0 Å². The Labute approximate surface area is 177 Å². The fourth-order valence-electron chi connectivity index (χ4n) is 3.48. The Kier molecular flexibility index (Phi) is 5.36. The lowest BCUT2D eigenvalue weighted by atomic mass is 10.1. The van der Waals surface area contributed by atoms with Gasteiger partial charge < -0.3 is 9.30 Å². The topological polar surface area (TPSA) is 106 Å². The lowest BCUT2D eigenvalue weighted by Crippen LogP contribution is -2.51. The second-order valence-electron chi connectivity index (χ2n) is 7.09. The first kappa shape index (κ1) is 20.1. The van der Waals surface area contributed by atoms with Crippen molar-refractivity contribution in [3.63, 3.8) is 0 Å². The number of imide groups is 2. The number of nitrogens with zero attached hydrogens (tertiary/aromatic N) is 1. The van der Waals surface area contributed by atoms with Crippen molar-refractivity contribution in [3.05, 3.63) is 77.0 Å². The van der Waals surface area contributed by atoms with E-state index in [4.69, 9.17) is 4.74 Å². The molecule has 0 spiro atoms. The molecule has 31 heavy (non-hydrogen) atoms. The van der Waals surface area contributed by atoms with E-state index in [0.29, 0.717) is 12.1 Å². The Morgan fingerprint density at radius 3 is 2.29 bits per heavy atom. The number of amides is 4. The van der Waals surface area contributed by atoms with E-state index in [1.54, 1.807) is 0 Å². The number of rotatable bonds is 5. The second-order valence-corrected chi connectivity index (χ2v) is 7.09. The van der Waals surface area contributed by atoms with Crippen LogP contribution in [-0.2, 0) is 32.1 Å². The van der Waals surface area contributed by atoms with Crippen LogP contribution in [0.2, 0.25) is 0 Å². The van der Waals surface area contributed by atoms with Crippen molar-refractivity contribution in [3.8, 4) is 0 Å². The molecule has 0 radical (unpaired) electrons. The molecule has 1 aliphatic heterocycles. The van der Waals surface area contributed by atoms with E-state index in [1.165, 1.54) is 13.2 Å². The minimum absolute atomic E-state index is 0.130. The molecule has 1 aromatic heterocycles. The van der Waals surface area contributed by atoms with Gasteiger partial charge in [0.25, 0.3) is 11.8 Å². The molecule has 0 aliphatic carbocycles. The van der Waals surface area contributed by atoms with Gasteiger partial charge in [0.15, 0.2) is 0 Å². The van der Waals surface area contributed by atoms with E-state index in [-0.39, 0.29) is 18.0 Å². The number of fused-ring (bicyclic) bond motifs is 1. The number of ether oxygens (including phenoxy) is 1. The zero-order valence-electron chi connectivity index (χ0n) is 16.7. The minimum Gasteiger partial charge on any atom is -0.469 e. The van der Waals surface area contributed by atoms with Gasteiger partial charge in [0.1, 0.15) is 5.57 Å². The molecule has 8 nitrogen and oxygen atoms in total. The van der Waals surface area contributed by atoms with Gasteiger partial charge in [-0.3, -0.25) is 25.0 Å². The molecule has 0 unspecified atom stereocenters. The zero-order valence-corrected chi connectivity index (χ0v) is 16.7. The number of esters is 1. The third kappa shape index (κ3) is 4.23. The number of methoxy groups -OCH3 is 1. The summed E-state index contributed by atoms with van der Waals surface area (Å²) in [5, 5.41) is 5.03. The highest BCUT2D eigenvalue weighted by molar-refractivity contribution is 6.31. The molecule has 3 aromatic rings. The van der Waals surface area contributed by atoms with E-state index < -0.39 is 17.8 Å². The van der Waals surface area contributed by atoms with E-state index >= 15 is 0 Å². The van der Waals surface area contributed by atoms with Crippen LogP contribution in [-0.4, -0.2) is 35.5 Å². The van der Waals surface area contributed by atoms with Crippen LogP contribution in [0.4, 0.5) is 4.79 Å². The monoisotopic (exact) mass is 417 g/mol. The summed E-state index contributed by atoms with van der Waals surface area (Å²) in [6.07, 6.45) is 3.56. The Morgan fingerprint density at radius 1 is 0.968 bits per heavy atom. The average molecular weight is 417 g/mol. The third-order valence-corrected chi connectivity index (χ3v) is 5.01. The summed E-state index contributed by atoms with van der Waals surface area (Å²) in [7, 11) is 1.36. The Bertz CT molecular complexity index is 1220. The first-order valence-corrected chi connectivity index (χ1v) is 9.55. The highest BCUT2D eigenvalue weighted by Crippen LogP contribution is 2.25. The van der Waals surface area contributed by atoms with Crippen LogP contribution < -0.4 is 10.6 Å². The van der Waals surface area contributed by atoms with Gasteiger partial charge in [-0.2, -0.15) is 0 Å². The Morgan fingerprint density at radius 2 is 1.61 bits per heavy atom. The smallest absolute Gasteiger partial charge is 0.328 e. The predicted octanol–water partition coefficient (Wildman–Crippen LogP) is 2.15. The van der Waals surface area contributed by atoms with Gasteiger partial charge in [-0.1, -0.05) is 42.5 Å². The minimum atomic E-state index is -0.828. The molecule has 156 valence electrons. The number of carbonyl (C=O) groups is 4. The number of hydrogen-bond donors (Lipinski definition) is 2. The maximum Gasteiger partial charge on any atom is 0.328 e. The molecular formula is C23H19N3O5. The molecule has 4 rings (SSSR count). The summed E-state index contributed by atoms with van der Waals surface area (Å²) in [6, 6.07) is 14.5. The van der Waals surface area contributed by atoms with Crippen molar-refractivity contribution in [1.29, 1.82) is 0 Å². The standard InChI is InChI=1S/C23H19N3O5/c1-31-20(27)10-14-6-8-15(9-7-14)12-26-13-16(17-4-2-3-5-19(17)26)11-18-21(28)24-23(30)25-22(18)29/h2-9,11,13H,10,12H2,1H3,(H2,24,25,28,29,30). The number of nitrogens with one attached hydrogen (secondary N) is 2. The number of hydrogen-bond acceptors (Lipinski definition) is 5. The molecule has 8 heteroatoms. The molecule has 1 aliphatic rings. The molecule has 1 fully saturated rings. The van der Waals surface area contributed by atoms with Gasteiger partial charge in [0, 0.05) is 29.2 Å². The molecule has 1 saturated heterocycles. The van der Waals surface area contributed by atoms with Crippen LogP contribution >= 0.6 is 0 Å². The van der Waals surface area contributed by atoms with Crippen LogP contribution in [0.3, 0.4) is 0 Å². The normalized spacial score (nSPS) is 13.7. The maximum absolute atomic E-state index is 12.1. The molecule has 2 heterocycles. The SMILES string of the molecule is COC(=O)Cc1ccc(Cn2cc(C=C3C(=O)NC(=O)NC3=O)c3ccccc32)cc1. The van der Waals surface area contributed by atoms with E-state index in [0.717, 1.165) is 22.0 Å². The van der Waals surface area contributed by atoms with Gasteiger partial charge in [-0.05, 0) is 23.3 Å². The summed E-state index contributed by atoms with van der Waals surface area (Å²) in [4.78, 5) is 46.9. The molecular weight excluding hydrogens is 398 g/mol. The fraction of sp³-hybridized carbons (Fsp3) is 0.130. The quantitative estimate of drug-likeness (QED) is 0.376. The molecule has 2 N–H and O–H groups in total. The van der Waals surface area contributed by atoms with Crippen molar-refractivity contribution in [2.24, 2.45) is 0 Å². The van der Waals surface area contributed by atoms with Crippen molar-refractivity contribution in [2.45, 2.75) is 13.0 Å². The highest BCUT2D eigenvalue weighted by atomic mass is 16.5. The molecule has 2 aromatic carbocycles. The Hall–Kier alpha value is -4.20. The van der Waals surface area contributed by atoms with Crippen LogP contribution in [0.15, 0.2) is 60.3 Å². The number of carbonyl (C=O) groups excluding carboxylic acids is 4. The van der Waals surface area contributed by atoms with E-state index in [9.17, 15) is 19.2 Å². The summed E-state index contributed by atoms with van der Waals surface area (Å²) >= 11 is 0. The van der Waals surface area contributed by atoms with E-state index in [1.807, 2.05) is 59.3 Å². The summed E-state index contributed by atoms with van der Waals surface area (Å²) in [5.74, 6) is -1.75. The number of barbiturate groups is 1. The van der Waals surface area contributed by atoms with Crippen LogP contribution in [0.25, 0.3) is 17.0 Å². The number of aromatic nitrogens is 1. The van der Waals surface area contributed by atoms with Crippen LogP contribution in [0.1, 0.15) is 16.7 Å². The summed E-state index contributed by atoms with van der Waals surface area (Å²) in [5.41, 5.74) is 3.37. The summed E-state index contributed by atoms with van der Waals surface area (Å²) in [6.45, 7) is 0.555. The fourth-order valence-corrected chi connectivity index (χ4v) is 3.48. The first-order chi connectivity index (χ1) is 14.9. The zero-order chi connectivity index (χ0) is 22.0. The van der Waals surface area contributed by atoms with Gasteiger partial charge >= 0.3 is 12.0 Å². The average Bonchev–Trinajstić information content (AvgIpc) is 3.09. The predicted molar refractivity (Wildman–Crippen MR) is 113 cm³/mol. The lowest BCUT2D eigenvalue weighted by Gasteiger charge is -2.13. The Balaban J connectivity index is 1.65. The highest BCUT2D eigenvalue weighted by Gasteiger charge is 2.28. The van der Waals surface area contributed by atoms with Crippen molar-refractivity contribution in [2.75, 3.05) is 7.11 Å². The molecule has 0 atom stereocenters. The first-order valence-electron chi connectivity index (χ1n) is 9.55. The largest absolute Gasteiger partial charge is 0.469 e. The third-order valence-electron chi connectivity index (χ3n) is 5.01. The number of benzene rings is 2. The second kappa shape index (κ2) is 8.27. The van der Waals surface area contributed by atoms with Crippen LogP contribution in [0.5, 0.6) is 0 Å². The maximum atomic E-state index is 12.1. The van der Waals surface area contributed by atoms with Crippen molar-refractivity contribution >= 4 is 40.8 Å².